The molecule has 0 aromatic heterocycles. The molecule has 7 nitrogen and oxygen atoms in total. The van der Waals surface area contributed by atoms with Gasteiger partial charge in [0.05, 0.1) is 0 Å². The summed E-state index contributed by atoms with van der Waals surface area (Å²) in [5.41, 5.74) is 0. The van der Waals surface area contributed by atoms with Crippen molar-refractivity contribution in [3.05, 3.63) is 0 Å². The molecule has 0 unspecified atom stereocenters. The van der Waals surface area contributed by atoms with Crippen LogP contribution in [0.3, 0.4) is 0 Å². The average molecular weight is 273 g/mol. The molecule has 0 aliphatic carbocycles. The molecule has 0 saturated carbocycles. The maximum absolute atomic E-state index is 8.97. The van der Waals surface area contributed by atoms with Crippen molar-refractivity contribution in [3.8, 4) is 0 Å². The Bertz CT molecular complexity index is 113. The third-order valence-corrected chi connectivity index (χ3v) is 0. The van der Waals surface area contributed by atoms with Gasteiger partial charge in [-0.1, -0.05) is 0 Å². The minimum absolute atomic E-state index is 0. The Hall–Kier alpha value is 0.768. The fourth-order valence-electron chi connectivity index (χ4n) is 0. The molecule has 0 atom stereocenters. The van der Waals surface area contributed by atoms with Crippen LogP contribution in [-0.2, 0) is 3.02 Å². The third-order valence-electron chi connectivity index (χ3n) is 0. The Morgan fingerprint density at radius 2 is 1.30 bits per heavy atom. The summed E-state index contributed by atoms with van der Waals surface area (Å²) in [6.07, 6.45) is -2.08. The van der Waals surface area contributed by atoms with Crippen LogP contribution in [0.1, 0.15) is 0 Å². The van der Waals surface area contributed by atoms with E-state index in [-0.39, 0.29) is 29.6 Å². The summed E-state index contributed by atoms with van der Waals surface area (Å²) >= 11 is -5.35. The first-order valence-electron chi connectivity index (χ1n) is 1.41. The van der Waals surface area contributed by atoms with Crippen molar-refractivity contribution in [2.24, 2.45) is 0 Å². The Kier molecular flexibility index (Phi) is 13.4. The number of hydrogen-bond acceptors (Lipinski definition) is 3. The Morgan fingerprint density at radius 3 is 1.30 bits per heavy atom. The monoisotopic (exact) mass is 272 g/mol. The molecule has 0 aromatic carbocycles. The Balaban J connectivity index is -0.0000000910. The zero-order valence-corrected chi connectivity index (χ0v) is 9.51. The van der Waals surface area contributed by atoms with E-state index in [2.05, 4.69) is 0 Å². The second-order valence-corrected chi connectivity index (χ2v) is 3.71. The molecule has 0 heterocycles. The zero-order valence-electron chi connectivity index (χ0n) is 4.96. The van der Waals surface area contributed by atoms with Gasteiger partial charge in [-0.15, -0.1) is 0 Å². The topological polar surface area (TPSA) is 138 Å². The Labute approximate surface area is 83.3 Å². The molecule has 9 heteroatoms. The van der Waals surface area contributed by atoms with E-state index in [1.165, 1.54) is 0 Å². The van der Waals surface area contributed by atoms with Crippen LogP contribution in [0.15, 0.2) is 0 Å². The second kappa shape index (κ2) is 7.87. The molecule has 0 amide bonds. The molecule has 0 aliphatic heterocycles. The van der Waals surface area contributed by atoms with Crippen LogP contribution in [0.5, 0.6) is 0 Å². The molecule has 56 valence electrons. The molecule has 0 aromatic rings. The average Bonchev–Trinajstić information content (AvgIpc) is 1.19. The van der Waals surface area contributed by atoms with Gasteiger partial charge in [-0.05, 0) is 0 Å². The van der Waals surface area contributed by atoms with Crippen molar-refractivity contribution in [1.82, 2.24) is 0 Å². The number of carboxylic acid groups (broad SMARTS) is 2. The SMILES string of the molecule is O=C([O-])O.[Na+].[O]=[Sb]([OH])([OH])[OH]. The molecule has 0 aliphatic rings. The van der Waals surface area contributed by atoms with Gasteiger partial charge in [-0.2, -0.15) is 0 Å². The van der Waals surface area contributed by atoms with E-state index in [4.69, 9.17) is 28.2 Å². The van der Waals surface area contributed by atoms with Crippen LogP contribution in [0.25, 0.3) is 0 Å². The van der Waals surface area contributed by atoms with Crippen LogP contribution in [0.2, 0.25) is 0 Å². The molecule has 0 spiro atoms. The van der Waals surface area contributed by atoms with Gasteiger partial charge in [0.1, 0.15) is 0 Å². The molecular weight excluding hydrogens is 269 g/mol. The van der Waals surface area contributed by atoms with Gasteiger partial charge >= 0.3 is 62.8 Å². The van der Waals surface area contributed by atoms with E-state index in [9.17, 15) is 0 Å². The van der Waals surface area contributed by atoms with E-state index < -0.39 is 26.2 Å². The predicted molar refractivity (Wildman–Crippen MR) is 21.1 cm³/mol. The summed E-state index contributed by atoms with van der Waals surface area (Å²) in [5, 5.41) is 15.3. The maximum atomic E-state index is 8.97. The van der Waals surface area contributed by atoms with E-state index in [0.29, 0.717) is 0 Å². The summed E-state index contributed by atoms with van der Waals surface area (Å²) in [6.45, 7) is 0. The van der Waals surface area contributed by atoms with Crippen molar-refractivity contribution in [3.63, 3.8) is 0 Å². The number of carbonyl (C=O) groups is 1. The first-order valence-corrected chi connectivity index (χ1v) is 5.88. The fraction of sp³-hybridized carbons (Fsp3) is 0. The van der Waals surface area contributed by atoms with E-state index >= 15 is 0 Å². The van der Waals surface area contributed by atoms with Crippen molar-refractivity contribution < 1.29 is 57.7 Å². The normalized spacial score (nSPS) is 8.30. The summed E-state index contributed by atoms with van der Waals surface area (Å²) < 4.78 is 30.8. The van der Waals surface area contributed by atoms with Crippen molar-refractivity contribution >= 4 is 26.2 Å². The molecule has 4 N–H and O–H groups in total. The molecule has 0 saturated heterocycles. The van der Waals surface area contributed by atoms with Crippen LogP contribution < -0.4 is 34.7 Å². The summed E-state index contributed by atoms with van der Waals surface area (Å²) in [6, 6.07) is 0. The third kappa shape index (κ3) is 897. The summed E-state index contributed by atoms with van der Waals surface area (Å²) in [5.74, 6) is 0. The molecule has 0 rings (SSSR count). The van der Waals surface area contributed by atoms with E-state index in [1.54, 1.807) is 0 Å². The van der Waals surface area contributed by atoms with Gasteiger partial charge in [0.25, 0.3) is 0 Å². The fourth-order valence-corrected chi connectivity index (χ4v) is 0. The zero-order chi connectivity index (χ0) is 8.08. The first-order chi connectivity index (χ1) is 3.73. The Morgan fingerprint density at radius 1 is 1.30 bits per heavy atom. The van der Waals surface area contributed by atoms with Gasteiger partial charge < -0.3 is 15.0 Å². The second-order valence-electron chi connectivity index (χ2n) is 0.779. The van der Waals surface area contributed by atoms with Crippen molar-refractivity contribution in [1.29, 1.82) is 0 Å². The van der Waals surface area contributed by atoms with Gasteiger partial charge in [0.15, 0.2) is 0 Å². The van der Waals surface area contributed by atoms with Crippen LogP contribution in [0, 0.1) is 0 Å². The molecular formula is CH4NaO7Sb. The number of rotatable bonds is 0. The minimum atomic E-state index is -5.35. The molecule has 0 radical (unpaired) electrons. The summed E-state index contributed by atoms with van der Waals surface area (Å²) in [4.78, 5) is 8.44. The first kappa shape index (κ1) is 17.0. The summed E-state index contributed by atoms with van der Waals surface area (Å²) in [7, 11) is 0. The molecule has 0 fully saturated rings. The van der Waals surface area contributed by atoms with Gasteiger partial charge in [0, 0.05) is 0 Å². The van der Waals surface area contributed by atoms with Crippen LogP contribution >= 0.6 is 0 Å². The van der Waals surface area contributed by atoms with E-state index in [0.717, 1.165) is 0 Å². The van der Waals surface area contributed by atoms with Crippen molar-refractivity contribution in [2.75, 3.05) is 0 Å². The van der Waals surface area contributed by atoms with Gasteiger partial charge in [-0.25, -0.2) is 0 Å². The predicted octanol–water partition coefficient (Wildman–Crippen LogP) is -6.28. The van der Waals surface area contributed by atoms with Crippen molar-refractivity contribution in [2.45, 2.75) is 0 Å². The molecule has 0 bridgehead atoms. The number of hydrogen-bond donors (Lipinski definition) is 4. The van der Waals surface area contributed by atoms with E-state index in [1.807, 2.05) is 0 Å². The van der Waals surface area contributed by atoms with Crippen LogP contribution in [0.4, 0.5) is 4.79 Å². The van der Waals surface area contributed by atoms with Gasteiger partial charge in [-0.3, -0.25) is 0 Å². The van der Waals surface area contributed by atoms with Gasteiger partial charge in [0.2, 0.25) is 6.16 Å². The standard InChI is InChI=1S/CH2O3.Na.3H2O.O.Sb/c2-1(3)4;;;;;;/h(H2,2,3,4);;3*1H2;;/q;+1;;;;;+3/p-4. The van der Waals surface area contributed by atoms with Crippen LogP contribution in [-0.4, -0.2) is 41.5 Å². The molecule has 10 heavy (non-hydrogen) atoms. The quantitative estimate of drug-likeness (QED) is 0.322.